The van der Waals surface area contributed by atoms with Crippen LogP contribution in [0.5, 0.6) is 0 Å². The minimum atomic E-state index is -3.83. The fraction of sp³-hybridized carbons (Fsp3) is 0.263. The normalized spacial score (nSPS) is 14.6. The molecule has 0 spiro atoms. The topological polar surface area (TPSA) is 55.8 Å². The maximum atomic E-state index is 13.3. The minimum absolute atomic E-state index is 0.172. The minimum Gasteiger partial charge on any atom is -0.370 e. The van der Waals surface area contributed by atoms with E-state index in [0.717, 1.165) is 5.56 Å². The third-order valence-corrected chi connectivity index (χ3v) is 5.96. The molecule has 0 aromatic heterocycles. The molecule has 0 heterocycles. The Hall–Kier alpha value is -1.71. The molecule has 1 N–H and O–H groups in total. The molecule has 4 nitrogen and oxygen atoms in total. The third-order valence-electron chi connectivity index (χ3n) is 3.52. The van der Waals surface area contributed by atoms with Gasteiger partial charge in [-0.05, 0) is 31.1 Å². The van der Waals surface area contributed by atoms with E-state index >= 15 is 0 Å². The zero-order chi connectivity index (χ0) is 17.5. The van der Waals surface area contributed by atoms with Crippen molar-refractivity contribution >= 4 is 13.7 Å². The van der Waals surface area contributed by atoms with Crippen LogP contribution >= 0.6 is 7.60 Å². The molecule has 2 aromatic rings. The van der Waals surface area contributed by atoms with Gasteiger partial charge in [0.15, 0.2) is 0 Å². The van der Waals surface area contributed by atoms with Crippen LogP contribution in [0.2, 0.25) is 0 Å². The van der Waals surface area contributed by atoms with Crippen LogP contribution in [0.4, 0.5) is 0 Å². The summed E-state index contributed by atoms with van der Waals surface area (Å²) in [5.74, 6) is 0. The zero-order valence-electron chi connectivity index (χ0n) is 14.0. The molecular weight excluding hydrogens is 323 g/mol. The highest BCUT2D eigenvalue weighted by Gasteiger charge is 2.49. The lowest BCUT2D eigenvalue weighted by molar-refractivity contribution is 0.102. The summed E-state index contributed by atoms with van der Waals surface area (Å²) in [6.45, 7) is 3.78. The fourth-order valence-corrected chi connectivity index (χ4v) is 4.25. The van der Waals surface area contributed by atoms with Gasteiger partial charge in [0, 0.05) is 0 Å². The van der Waals surface area contributed by atoms with E-state index in [1.807, 2.05) is 36.4 Å². The third kappa shape index (κ3) is 4.03. The van der Waals surface area contributed by atoms with E-state index in [1.165, 1.54) is 6.08 Å². The number of benzene rings is 2. The molecule has 24 heavy (non-hydrogen) atoms. The lowest BCUT2D eigenvalue weighted by atomic mass is 10.1. The first kappa shape index (κ1) is 18.6. The SMILES string of the molecule is CCOP(=O)(OCC)C(O)(/C=C/c1ccccc1)c1ccccc1. The van der Waals surface area contributed by atoms with Crippen LogP contribution in [0.25, 0.3) is 6.08 Å². The maximum absolute atomic E-state index is 13.3. The van der Waals surface area contributed by atoms with E-state index in [-0.39, 0.29) is 13.2 Å². The molecule has 5 heteroatoms. The predicted molar refractivity (Wildman–Crippen MR) is 96.7 cm³/mol. The molecule has 2 rings (SSSR count). The van der Waals surface area contributed by atoms with Crippen LogP contribution in [0.1, 0.15) is 25.0 Å². The van der Waals surface area contributed by atoms with Crippen LogP contribution in [0.3, 0.4) is 0 Å². The van der Waals surface area contributed by atoms with Crippen molar-refractivity contribution in [2.75, 3.05) is 13.2 Å². The van der Waals surface area contributed by atoms with Crippen molar-refractivity contribution in [1.82, 2.24) is 0 Å². The molecule has 0 saturated carbocycles. The molecule has 0 bridgehead atoms. The molecule has 0 saturated heterocycles. The van der Waals surface area contributed by atoms with Crippen LogP contribution in [0.15, 0.2) is 66.7 Å². The smallest absolute Gasteiger partial charge is 0.370 e. The Balaban J connectivity index is 2.53. The molecule has 1 unspecified atom stereocenters. The van der Waals surface area contributed by atoms with Gasteiger partial charge >= 0.3 is 7.60 Å². The lowest BCUT2D eigenvalue weighted by Crippen LogP contribution is -2.26. The first-order valence-corrected chi connectivity index (χ1v) is 9.51. The van der Waals surface area contributed by atoms with Gasteiger partial charge in [0.2, 0.25) is 5.34 Å². The summed E-state index contributed by atoms with van der Waals surface area (Å²) in [5.41, 5.74) is 1.34. The van der Waals surface area contributed by atoms with Crippen LogP contribution in [-0.2, 0) is 19.0 Å². The van der Waals surface area contributed by atoms with Crippen molar-refractivity contribution in [1.29, 1.82) is 0 Å². The number of rotatable bonds is 8. The summed E-state index contributed by atoms with van der Waals surface area (Å²) in [6.07, 6.45) is 3.21. The molecule has 128 valence electrons. The van der Waals surface area contributed by atoms with Gasteiger partial charge in [-0.2, -0.15) is 0 Å². The average molecular weight is 346 g/mol. The van der Waals surface area contributed by atoms with E-state index in [0.29, 0.717) is 5.56 Å². The largest absolute Gasteiger partial charge is 0.370 e. The van der Waals surface area contributed by atoms with E-state index in [9.17, 15) is 9.67 Å². The monoisotopic (exact) mass is 346 g/mol. The highest BCUT2D eigenvalue weighted by molar-refractivity contribution is 7.55. The lowest BCUT2D eigenvalue weighted by Gasteiger charge is -2.32. The zero-order valence-corrected chi connectivity index (χ0v) is 14.9. The number of aliphatic hydroxyl groups is 1. The molecule has 0 fully saturated rings. The van der Waals surface area contributed by atoms with Crippen LogP contribution in [0, 0.1) is 0 Å². The molecule has 0 aliphatic rings. The Morgan fingerprint density at radius 3 is 1.96 bits per heavy atom. The van der Waals surface area contributed by atoms with Gasteiger partial charge in [-0.3, -0.25) is 4.57 Å². The second-order valence-corrected chi connectivity index (χ2v) is 7.36. The summed E-state index contributed by atoms with van der Waals surface area (Å²) >= 11 is 0. The Morgan fingerprint density at radius 2 is 1.46 bits per heavy atom. The summed E-state index contributed by atoms with van der Waals surface area (Å²) in [7, 11) is -3.83. The fourth-order valence-electron chi connectivity index (χ4n) is 2.38. The van der Waals surface area contributed by atoms with E-state index in [2.05, 4.69) is 0 Å². The molecule has 0 aliphatic carbocycles. The van der Waals surface area contributed by atoms with Crippen molar-refractivity contribution < 1.29 is 18.7 Å². The van der Waals surface area contributed by atoms with Gasteiger partial charge < -0.3 is 14.2 Å². The quantitative estimate of drug-likeness (QED) is 0.697. The standard InChI is InChI=1S/C19H23O4P/c1-3-22-24(21,23-4-2)19(20,18-13-9-6-10-14-18)16-15-17-11-7-5-8-12-17/h5-16,20H,3-4H2,1-2H3/b16-15+. The molecular formula is C19H23O4P. The van der Waals surface area contributed by atoms with Gasteiger partial charge in [0.25, 0.3) is 0 Å². The van der Waals surface area contributed by atoms with Crippen molar-refractivity contribution in [2.45, 2.75) is 19.2 Å². The highest BCUT2D eigenvalue weighted by atomic mass is 31.2. The highest BCUT2D eigenvalue weighted by Crippen LogP contribution is 2.64. The maximum Gasteiger partial charge on any atom is 0.370 e. The van der Waals surface area contributed by atoms with E-state index in [1.54, 1.807) is 44.2 Å². The Kier molecular flexibility index (Phi) is 6.52. The molecule has 2 aromatic carbocycles. The molecule has 0 amide bonds. The number of hydrogen-bond acceptors (Lipinski definition) is 4. The molecule has 0 radical (unpaired) electrons. The Bertz CT molecular complexity index is 690. The van der Waals surface area contributed by atoms with Crippen molar-refractivity contribution in [3.8, 4) is 0 Å². The van der Waals surface area contributed by atoms with Crippen molar-refractivity contribution in [3.05, 3.63) is 77.9 Å². The second-order valence-electron chi connectivity index (χ2n) is 5.17. The number of hydrogen-bond donors (Lipinski definition) is 1. The first-order chi connectivity index (χ1) is 11.6. The summed E-state index contributed by atoms with van der Waals surface area (Å²) in [6, 6.07) is 18.3. The summed E-state index contributed by atoms with van der Waals surface area (Å²) < 4.78 is 24.1. The van der Waals surface area contributed by atoms with Crippen molar-refractivity contribution in [3.63, 3.8) is 0 Å². The van der Waals surface area contributed by atoms with Crippen LogP contribution < -0.4 is 0 Å². The second kappa shape index (κ2) is 8.41. The Morgan fingerprint density at radius 1 is 0.958 bits per heavy atom. The first-order valence-electron chi connectivity index (χ1n) is 7.97. The molecule has 1 atom stereocenters. The Labute approximate surface area is 143 Å². The van der Waals surface area contributed by atoms with Gasteiger partial charge in [-0.1, -0.05) is 66.7 Å². The van der Waals surface area contributed by atoms with Gasteiger partial charge in [-0.25, -0.2) is 0 Å². The van der Waals surface area contributed by atoms with Crippen LogP contribution in [-0.4, -0.2) is 18.3 Å². The van der Waals surface area contributed by atoms with Gasteiger partial charge in [0.1, 0.15) is 0 Å². The van der Waals surface area contributed by atoms with Crippen molar-refractivity contribution in [2.24, 2.45) is 0 Å². The average Bonchev–Trinajstić information content (AvgIpc) is 2.61. The van der Waals surface area contributed by atoms with Gasteiger partial charge in [0.05, 0.1) is 13.2 Å². The summed E-state index contributed by atoms with van der Waals surface area (Å²) in [5, 5.41) is 9.46. The van der Waals surface area contributed by atoms with E-state index in [4.69, 9.17) is 9.05 Å². The molecule has 0 aliphatic heterocycles. The van der Waals surface area contributed by atoms with Gasteiger partial charge in [-0.15, -0.1) is 0 Å². The predicted octanol–water partition coefficient (Wildman–Crippen LogP) is 4.81. The summed E-state index contributed by atoms with van der Waals surface area (Å²) in [4.78, 5) is 0. The van der Waals surface area contributed by atoms with E-state index < -0.39 is 12.9 Å².